The molecule has 0 fully saturated rings. The third kappa shape index (κ3) is 2.72. The van der Waals surface area contributed by atoms with Crippen LogP contribution in [0.2, 0.25) is 0 Å². The number of ether oxygens (including phenoxy) is 1. The van der Waals surface area contributed by atoms with Crippen molar-refractivity contribution in [3.8, 4) is 5.75 Å². The van der Waals surface area contributed by atoms with Gasteiger partial charge in [0.15, 0.2) is 0 Å². The number of rotatable bonds is 1. The number of amides is 1. The maximum Gasteiger partial charge on any atom is 0.240 e. The first-order chi connectivity index (χ1) is 8.08. The smallest absolute Gasteiger partial charge is 0.240 e. The van der Waals surface area contributed by atoms with E-state index in [1.54, 1.807) is 11.8 Å². The summed E-state index contributed by atoms with van der Waals surface area (Å²) in [6.07, 6.45) is 0. The monoisotopic (exact) mass is 253 g/mol. The quantitative estimate of drug-likeness (QED) is 0.719. The topological polar surface area (TPSA) is 29.5 Å². The Morgan fingerprint density at radius 3 is 3.00 bits per heavy atom. The number of benzene rings is 1. The molecule has 0 spiro atoms. The van der Waals surface area contributed by atoms with Crippen LogP contribution in [0.3, 0.4) is 0 Å². The first-order valence-corrected chi connectivity index (χ1v) is 6.17. The minimum atomic E-state index is -0.485. The molecule has 0 N–H and O–H groups in total. The van der Waals surface area contributed by atoms with E-state index in [1.807, 2.05) is 19.1 Å². The first kappa shape index (κ1) is 12.2. The van der Waals surface area contributed by atoms with Crippen LogP contribution < -0.4 is 4.74 Å². The molecule has 1 aromatic carbocycles. The number of carbonyl (C=O) groups is 1. The Hall–Kier alpha value is -1.22. The predicted molar refractivity (Wildman–Crippen MR) is 67.4 cm³/mol. The van der Waals surface area contributed by atoms with E-state index < -0.39 is 5.38 Å². The Morgan fingerprint density at radius 2 is 2.29 bits per heavy atom. The minimum absolute atomic E-state index is 0.0374. The van der Waals surface area contributed by atoms with Gasteiger partial charge in [0.1, 0.15) is 17.7 Å². The zero-order valence-corrected chi connectivity index (χ0v) is 10.8. The zero-order chi connectivity index (χ0) is 12.4. The molecule has 1 unspecified atom stereocenters. The molecule has 0 saturated carbocycles. The number of nitrogens with zero attached hydrogens (tertiary/aromatic N) is 1. The van der Waals surface area contributed by atoms with E-state index in [1.165, 1.54) is 5.56 Å². The maximum absolute atomic E-state index is 11.9. The second-order valence-corrected chi connectivity index (χ2v) is 4.99. The summed E-state index contributed by atoms with van der Waals surface area (Å²) >= 11 is 5.84. The Morgan fingerprint density at radius 1 is 1.53 bits per heavy atom. The van der Waals surface area contributed by atoms with Gasteiger partial charge < -0.3 is 9.64 Å². The van der Waals surface area contributed by atoms with E-state index in [2.05, 4.69) is 6.07 Å². The van der Waals surface area contributed by atoms with Crippen molar-refractivity contribution in [3.05, 3.63) is 29.3 Å². The van der Waals surface area contributed by atoms with E-state index >= 15 is 0 Å². The molecule has 0 aromatic heterocycles. The van der Waals surface area contributed by atoms with Crippen molar-refractivity contribution in [2.24, 2.45) is 0 Å². The van der Waals surface area contributed by atoms with Crippen molar-refractivity contribution in [1.82, 2.24) is 4.90 Å². The fraction of sp³-hybridized carbons (Fsp3) is 0.462. The van der Waals surface area contributed by atoms with Crippen LogP contribution in [0.5, 0.6) is 5.75 Å². The molecule has 1 aliphatic heterocycles. The van der Waals surface area contributed by atoms with Crippen LogP contribution in [0.15, 0.2) is 18.2 Å². The molecule has 0 saturated heterocycles. The summed E-state index contributed by atoms with van der Waals surface area (Å²) in [5, 5.41) is -0.485. The highest BCUT2D eigenvalue weighted by Gasteiger charge is 2.22. The van der Waals surface area contributed by atoms with Gasteiger partial charge in [0.25, 0.3) is 0 Å². The van der Waals surface area contributed by atoms with Crippen molar-refractivity contribution in [1.29, 1.82) is 0 Å². The van der Waals surface area contributed by atoms with Crippen LogP contribution >= 0.6 is 11.6 Å². The molecule has 0 bridgehead atoms. The summed E-state index contributed by atoms with van der Waals surface area (Å²) in [6, 6.07) is 6.03. The van der Waals surface area contributed by atoms with Crippen LogP contribution in [0.4, 0.5) is 0 Å². The van der Waals surface area contributed by atoms with Crippen molar-refractivity contribution in [3.63, 3.8) is 0 Å². The first-order valence-electron chi connectivity index (χ1n) is 5.73. The Labute approximate surface area is 106 Å². The lowest BCUT2D eigenvalue weighted by Crippen LogP contribution is -2.36. The van der Waals surface area contributed by atoms with Gasteiger partial charge in [-0.25, -0.2) is 0 Å². The van der Waals surface area contributed by atoms with Gasteiger partial charge in [0.2, 0.25) is 5.91 Å². The number of halogens is 1. The molecule has 1 aromatic rings. The number of alkyl halides is 1. The van der Waals surface area contributed by atoms with E-state index in [9.17, 15) is 4.79 Å². The lowest BCUT2D eigenvalue weighted by molar-refractivity contribution is -0.131. The number of fused-ring (bicyclic) bond motifs is 1. The average molecular weight is 254 g/mol. The second kappa shape index (κ2) is 4.96. The number of aryl methyl sites for hydroxylation is 1. The fourth-order valence-corrected chi connectivity index (χ4v) is 2.10. The average Bonchev–Trinajstić information content (AvgIpc) is 2.49. The molecule has 17 heavy (non-hydrogen) atoms. The normalized spacial score (nSPS) is 16.8. The van der Waals surface area contributed by atoms with Crippen molar-refractivity contribution >= 4 is 17.5 Å². The van der Waals surface area contributed by atoms with Gasteiger partial charge >= 0.3 is 0 Å². The molecule has 1 atom stereocenters. The largest absolute Gasteiger partial charge is 0.491 e. The molecule has 92 valence electrons. The van der Waals surface area contributed by atoms with Crippen molar-refractivity contribution in [2.45, 2.75) is 25.8 Å². The molecule has 4 heteroatoms. The van der Waals surface area contributed by atoms with Gasteiger partial charge in [-0.1, -0.05) is 17.7 Å². The summed E-state index contributed by atoms with van der Waals surface area (Å²) in [7, 11) is 0. The third-order valence-electron chi connectivity index (χ3n) is 2.85. The summed E-state index contributed by atoms with van der Waals surface area (Å²) in [4.78, 5) is 13.6. The molecule has 1 amide bonds. The molecule has 3 nitrogen and oxygen atoms in total. The molecule has 1 heterocycles. The fourth-order valence-electron chi connectivity index (χ4n) is 1.96. The maximum atomic E-state index is 11.9. The Bertz CT molecular complexity index is 431. The minimum Gasteiger partial charge on any atom is -0.491 e. The number of hydrogen-bond donors (Lipinski definition) is 0. The Balaban J connectivity index is 2.24. The van der Waals surface area contributed by atoms with Crippen LogP contribution in [0, 0.1) is 6.92 Å². The second-order valence-electron chi connectivity index (χ2n) is 4.34. The van der Waals surface area contributed by atoms with Gasteiger partial charge in [0, 0.05) is 12.1 Å². The summed E-state index contributed by atoms with van der Waals surface area (Å²) in [5.41, 5.74) is 2.22. The summed E-state index contributed by atoms with van der Waals surface area (Å²) in [6.45, 7) is 5.41. The van der Waals surface area contributed by atoms with E-state index in [4.69, 9.17) is 16.3 Å². The van der Waals surface area contributed by atoms with Crippen molar-refractivity contribution in [2.75, 3.05) is 13.2 Å². The number of hydrogen-bond acceptors (Lipinski definition) is 2. The van der Waals surface area contributed by atoms with Gasteiger partial charge in [-0.15, -0.1) is 11.6 Å². The highest BCUT2D eigenvalue weighted by atomic mass is 35.5. The van der Waals surface area contributed by atoms with E-state index in [-0.39, 0.29) is 5.91 Å². The highest BCUT2D eigenvalue weighted by Crippen LogP contribution is 2.24. The standard InChI is InChI=1S/C13H16ClNO2/c1-9-3-4-12-11(7-9)8-15(5-6-17-12)13(16)10(2)14/h3-4,7,10H,5-6,8H2,1-2H3. The van der Waals surface area contributed by atoms with Crippen LogP contribution in [0.1, 0.15) is 18.1 Å². The van der Waals surface area contributed by atoms with E-state index in [0.717, 1.165) is 11.3 Å². The molecule has 1 aliphatic rings. The van der Waals surface area contributed by atoms with Gasteiger partial charge in [-0.3, -0.25) is 4.79 Å². The lowest BCUT2D eigenvalue weighted by Gasteiger charge is -2.21. The zero-order valence-electron chi connectivity index (χ0n) is 10.1. The SMILES string of the molecule is Cc1ccc2c(c1)CN(C(=O)C(C)Cl)CCO2. The Kier molecular flexibility index (Phi) is 3.57. The van der Waals surface area contributed by atoms with Crippen LogP contribution in [-0.2, 0) is 11.3 Å². The highest BCUT2D eigenvalue weighted by molar-refractivity contribution is 6.30. The van der Waals surface area contributed by atoms with Crippen LogP contribution in [-0.4, -0.2) is 29.3 Å². The number of carbonyl (C=O) groups excluding carboxylic acids is 1. The lowest BCUT2D eigenvalue weighted by atomic mass is 10.1. The summed E-state index contributed by atoms with van der Waals surface area (Å²) < 4.78 is 5.63. The van der Waals surface area contributed by atoms with Crippen molar-refractivity contribution < 1.29 is 9.53 Å². The molecule has 0 radical (unpaired) electrons. The van der Waals surface area contributed by atoms with Gasteiger partial charge in [-0.05, 0) is 19.9 Å². The summed E-state index contributed by atoms with van der Waals surface area (Å²) in [5.74, 6) is 0.831. The molecular weight excluding hydrogens is 238 g/mol. The molecule has 2 rings (SSSR count). The molecular formula is C13H16ClNO2. The van der Waals surface area contributed by atoms with Gasteiger partial charge in [0.05, 0.1) is 6.54 Å². The molecule has 0 aliphatic carbocycles. The third-order valence-corrected chi connectivity index (χ3v) is 3.03. The van der Waals surface area contributed by atoms with Crippen LogP contribution in [0.25, 0.3) is 0 Å². The van der Waals surface area contributed by atoms with E-state index in [0.29, 0.717) is 19.7 Å². The van der Waals surface area contributed by atoms with Gasteiger partial charge in [-0.2, -0.15) is 0 Å². The predicted octanol–water partition coefficient (Wildman–Crippen LogP) is 2.34.